The average Bonchev–Trinajstić information content (AvgIpc) is 2.83. The number of nitrogens with one attached hydrogen (secondary N) is 3. The molecule has 1 aliphatic rings. The lowest BCUT2D eigenvalue weighted by Crippen LogP contribution is -2.23. The molecule has 3 N–H and O–H groups in total. The summed E-state index contributed by atoms with van der Waals surface area (Å²) in [4.78, 5) is 15.5. The molecule has 4 rings (SSSR count). The predicted molar refractivity (Wildman–Crippen MR) is 97.5 cm³/mol. The van der Waals surface area contributed by atoms with Crippen molar-refractivity contribution in [2.45, 2.75) is 13.0 Å². The zero-order valence-corrected chi connectivity index (χ0v) is 14.4. The highest BCUT2D eigenvalue weighted by atomic mass is 35.5. The van der Waals surface area contributed by atoms with E-state index in [-0.39, 0.29) is 5.91 Å². The maximum Gasteiger partial charge on any atom is 0.252 e. The Morgan fingerprint density at radius 1 is 1.24 bits per heavy atom. The molecule has 1 aliphatic heterocycles. The number of carbonyl (C=O) groups is 1. The summed E-state index contributed by atoms with van der Waals surface area (Å²) in [6, 6.07) is 8.62. The number of hydrogen-bond acceptors (Lipinski definition) is 2. The normalized spacial score (nSPS) is 13.8. The van der Waals surface area contributed by atoms with Crippen molar-refractivity contribution in [1.82, 2.24) is 15.6 Å². The molecule has 2 heterocycles. The molecule has 1 aromatic heterocycles. The van der Waals surface area contributed by atoms with Crippen molar-refractivity contribution < 1.29 is 9.18 Å². The number of benzene rings is 2. The van der Waals surface area contributed by atoms with Crippen LogP contribution in [0.2, 0.25) is 5.02 Å². The Balaban J connectivity index is 1.96. The number of aromatic amines is 1. The highest BCUT2D eigenvalue weighted by Gasteiger charge is 2.24. The SMILES string of the molecule is CNCc1ccc(-c2[nH]c3cc(F)cc4c3c2CCNC4=O)c(Cl)c1. The van der Waals surface area contributed by atoms with Gasteiger partial charge in [0, 0.05) is 29.6 Å². The minimum absolute atomic E-state index is 0.246. The third-order valence-electron chi connectivity index (χ3n) is 4.56. The Labute approximate surface area is 149 Å². The third-order valence-corrected chi connectivity index (χ3v) is 4.87. The first-order valence-corrected chi connectivity index (χ1v) is 8.52. The highest BCUT2D eigenvalue weighted by molar-refractivity contribution is 6.33. The zero-order valence-electron chi connectivity index (χ0n) is 13.7. The van der Waals surface area contributed by atoms with Gasteiger partial charge in [-0.3, -0.25) is 4.79 Å². The number of carbonyl (C=O) groups excluding carboxylic acids is 1. The molecule has 4 nitrogen and oxygen atoms in total. The van der Waals surface area contributed by atoms with Gasteiger partial charge < -0.3 is 15.6 Å². The summed E-state index contributed by atoms with van der Waals surface area (Å²) in [7, 11) is 1.88. The van der Waals surface area contributed by atoms with Crippen molar-refractivity contribution in [2.75, 3.05) is 13.6 Å². The Hall–Kier alpha value is -2.37. The molecule has 0 spiro atoms. The van der Waals surface area contributed by atoms with Gasteiger partial charge in [-0.25, -0.2) is 4.39 Å². The maximum atomic E-state index is 13.9. The van der Waals surface area contributed by atoms with E-state index in [9.17, 15) is 9.18 Å². The molecule has 0 fully saturated rings. The molecule has 6 heteroatoms. The van der Waals surface area contributed by atoms with Crippen molar-refractivity contribution >= 4 is 28.4 Å². The van der Waals surface area contributed by atoms with Gasteiger partial charge in [-0.15, -0.1) is 0 Å². The number of rotatable bonds is 3. The van der Waals surface area contributed by atoms with Gasteiger partial charge in [0.05, 0.1) is 16.3 Å². The number of H-pyrrole nitrogens is 1. The lowest BCUT2D eigenvalue weighted by Gasteiger charge is -2.08. The van der Waals surface area contributed by atoms with Crippen LogP contribution in [0.4, 0.5) is 4.39 Å². The zero-order chi connectivity index (χ0) is 17.6. The second kappa shape index (κ2) is 6.17. The topological polar surface area (TPSA) is 56.9 Å². The molecule has 0 unspecified atom stereocenters. The molecule has 128 valence electrons. The first-order chi connectivity index (χ1) is 12.1. The summed E-state index contributed by atoms with van der Waals surface area (Å²) in [5, 5.41) is 7.33. The van der Waals surface area contributed by atoms with E-state index in [1.807, 2.05) is 25.2 Å². The lowest BCUT2D eigenvalue weighted by molar-refractivity contribution is 0.0957. The molecular formula is C19H17ClFN3O. The van der Waals surface area contributed by atoms with Gasteiger partial charge in [-0.1, -0.05) is 23.7 Å². The number of amides is 1. The van der Waals surface area contributed by atoms with Crippen LogP contribution in [0.3, 0.4) is 0 Å². The molecule has 0 saturated heterocycles. The van der Waals surface area contributed by atoms with Gasteiger partial charge in [0.1, 0.15) is 5.82 Å². The van der Waals surface area contributed by atoms with Crippen LogP contribution in [-0.4, -0.2) is 24.5 Å². The Bertz CT molecular complexity index is 996. The van der Waals surface area contributed by atoms with Gasteiger partial charge in [-0.2, -0.15) is 0 Å². The fourth-order valence-corrected chi connectivity index (χ4v) is 3.79. The quantitative estimate of drug-likeness (QED) is 0.670. The van der Waals surface area contributed by atoms with Crippen molar-refractivity contribution in [1.29, 1.82) is 0 Å². The second-order valence-corrected chi connectivity index (χ2v) is 6.61. The molecule has 0 aliphatic carbocycles. The van der Waals surface area contributed by atoms with Gasteiger partial charge in [0.25, 0.3) is 5.91 Å². The van der Waals surface area contributed by atoms with Crippen molar-refractivity contribution in [3.05, 3.63) is 57.9 Å². The largest absolute Gasteiger partial charge is 0.354 e. The molecule has 1 amide bonds. The van der Waals surface area contributed by atoms with E-state index in [2.05, 4.69) is 15.6 Å². The van der Waals surface area contributed by atoms with Crippen LogP contribution < -0.4 is 10.6 Å². The van der Waals surface area contributed by atoms with E-state index in [4.69, 9.17) is 11.6 Å². The van der Waals surface area contributed by atoms with Crippen LogP contribution in [-0.2, 0) is 13.0 Å². The summed E-state index contributed by atoms with van der Waals surface area (Å²) >= 11 is 6.51. The molecule has 0 radical (unpaired) electrons. The van der Waals surface area contributed by atoms with Crippen LogP contribution in [0, 0.1) is 5.82 Å². The van der Waals surface area contributed by atoms with Crippen LogP contribution in [0.1, 0.15) is 21.5 Å². The van der Waals surface area contributed by atoms with Crippen molar-refractivity contribution in [3.8, 4) is 11.3 Å². The molecule has 0 atom stereocenters. The first-order valence-electron chi connectivity index (χ1n) is 8.14. The van der Waals surface area contributed by atoms with E-state index < -0.39 is 5.82 Å². The van der Waals surface area contributed by atoms with Crippen LogP contribution in [0.25, 0.3) is 22.2 Å². The lowest BCUT2D eigenvalue weighted by atomic mass is 9.99. The smallest absolute Gasteiger partial charge is 0.252 e. The summed E-state index contributed by atoms with van der Waals surface area (Å²) in [5.41, 5.74) is 4.77. The minimum Gasteiger partial charge on any atom is -0.354 e. The van der Waals surface area contributed by atoms with E-state index in [0.29, 0.717) is 29.1 Å². The van der Waals surface area contributed by atoms with Crippen molar-refractivity contribution in [2.24, 2.45) is 0 Å². The Morgan fingerprint density at radius 2 is 2.08 bits per heavy atom. The van der Waals surface area contributed by atoms with Crippen LogP contribution >= 0.6 is 11.6 Å². The summed E-state index contributed by atoms with van der Waals surface area (Å²) in [5.74, 6) is -0.682. The monoisotopic (exact) mass is 357 g/mol. The fraction of sp³-hybridized carbons (Fsp3) is 0.211. The van der Waals surface area contributed by atoms with E-state index in [1.54, 1.807) is 0 Å². The standard InChI is InChI=1S/C19H17ClFN3O/c1-22-9-10-2-3-12(15(20)6-10)18-13-4-5-23-19(25)14-7-11(21)8-16(24-18)17(13)14/h2-3,6-8,22,24H,4-5,9H2,1H3,(H,23,25). The Kier molecular flexibility index (Phi) is 3.98. The second-order valence-electron chi connectivity index (χ2n) is 6.20. The van der Waals surface area contributed by atoms with Crippen LogP contribution in [0.5, 0.6) is 0 Å². The van der Waals surface area contributed by atoms with Gasteiger partial charge in [0.2, 0.25) is 0 Å². The first kappa shape index (κ1) is 16.1. The molecular weight excluding hydrogens is 341 g/mol. The van der Waals surface area contributed by atoms with E-state index in [1.165, 1.54) is 12.1 Å². The molecule has 0 bridgehead atoms. The molecule has 0 saturated carbocycles. The number of aromatic nitrogens is 1. The summed E-state index contributed by atoms with van der Waals surface area (Å²) in [6.45, 7) is 1.23. The van der Waals surface area contributed by atoms with Gasteiger partial charge in [0.15, 0.2) is 0 Å². The third kappa shape index (κ3) is 2.69. The maximum absolute atomic E-state index is 13.9. The number of halogens is 2. The van der Waals surface area contributed by atoms with E-state index in [0.717, 1.165) is 34.3 Å². The van der Waals surface area contributed by atoms with Gasteiger partial charge >= 0.3 is 0 Å². The van der Waals surface area contributed by atoms with E-state index >= 15 is 0 Å². The minimum atomic E-state index is -0.436. The predicted octanol–water partition coefficient (Wildman–Crippen LogP) is 3.63. The van der Waals surface area contributed by atoms with Gasteiger partial charge in [-0.05, 0) is 42.8 Å². The summed E-state index contributed by atoms with van der Waals surface area (Å²) < 4.78 is 13.9. The molecule has 25 heavy (non-hydrogen) atoms. The van der Waals surface area contributed by atoms with Crippen molar-refractivity contribution in [3.63, 3.8) is 0 Å². The Morgan fingerprint density at radius 3 is 2.84 bits per heavy atom. The fourth-order valence-electron chi connectivity index (χ4n) is 3.50. The van der Waals surface area contributed by atoms with Crippen LogP contribution in [0.15, 0.2) is 30.3 Å². The average molecular weight is 358 g/mol. The molecule has 2 aromatic carbocycles. The molecule has 3 aromatic rings. The number of hydrogen-bond donors (Lipinski definition) is 3. The summed E-state index contributed by atoms with van der Waals surface area (Å²) in [6.07, 6.45) is 0.661. The highest BCUT2D eigenvalue weighted by Crippen LogP contribution is 2.37.